The standard InChI is InChI=1S/C25H23NO3S2/c1-25(2)13-16-19(17(27)14-25)20(22(28)15-7-4-3-5-8-15)21(24-26(16)10-12-31-24)23(29)18-9-6-11-30-18/h3-9,11,28H,10,12-14H2,1-2H3. The maximum atomic E-state index is 13.7. The molecule has 0 amide bonds. The number of Topliss-reactive ketones (excluding diaryl/α,β-unsaturated/α-hetero) is 2. The molecule has 0 unspecified atom stereocenters. The van der Waals surface area contributed by atoms with Crippen molar-refractivity contribution in [2.45, 2.75) is 26.7 Å². The molecule has 0 bridgehead atoms. The lowest BCUT2D eigenvalue weighted by Gasteiger charge is -2.41. The van der Waals surface area contributed by atoms with E-state index in [1.54, 1.807) is 17.8 Å². The van der Waals surface area contributed by atoms with E-state index in [1.807, 2.05) is 41.8 Å². The Labute approximate surface area is 190 Å². The first-order valence-electron chi connectivity index (χ1n) is 10.4. The van der Waals surface area contributed by atoms with Gasteiger partial charge in [-0.1, -0.05) is 50.2 Å². The molecule has 1 aromatic carbocycles. The molecule has 0 radical (unpaired) electrons. The first-order chi connectivity index (χ1) is 14.9. The number of hydrogen-bond acceptors (Lipinski definition) is 6. The quantitative estimate of drug-likeness (QED) is 0.473. The third-order valence-corrected chi connectivity index (χ3v) is 7.90. The number of allylic oxidation sites excluding steroid dienone is 4. The molecule has 1 aromatic heterocycles. The normalized spacial score (nSPS) is 21.9. The van der Waals surface area contributed by atoms with Crippen LogP contribution in [-0.2, 0) is 4.79 Å². The van der Waals surface area contributed by atoms with Crippen LogP contribution < -0.4 is 0 Å². The van der Waals surface area contributed by atoms with E-state index in [1.165, 1.54) is 11.3 Å². The van der Waals surface area contributed by atoms with Gasteiger partial charge in [0.25, 0.3) is 0 Å². The van der Waals surface area contributed by atoms with Gasteiger partial charge in [-0.05, 0) is 23.3 Å². The first kappa shape index (κ1) is 20.3. The number of carbonyl (C=O) groups excluding carboxylic acids is 2. The van der Waals surface area contributed by atoms with Crippen LogP contribution in [0.3, 0.4) is 0 Å². The van der Waals surface area contributed by atoms with Gasteiger partial charge in [-0.25, -0.2) is 0 Å². The summed E-state index contributed by atoms with van der Waals surface area (Å²) in [5, 5.41) is 14.2. The molecule has 2 aromatic rings. The minimum Gasteiger partial charge on any atom is -0.507 e. The highest BCUT2D eigenvalue weighted by Crippen LogP contribution is 2.52. The number of carbonyl (C=O) groups is 2. The molecule has 3 aliphatic rings. The van der Waals surface area contributed by atoms with Gasteiger partial charge in [-0.2, -0.15) is 0 Å². The zero-order valence-electron chi connectivity index (χ0n) is 17.5. The fourth-order valence-corrected chi connectivity index (χ4v) is 6.46. The van der Waals surface area contributed by atoms with Gasteiger partial charge in [0.1, 0.15) is 5.76 Å². The molecule has 1 saturated heterocycles. The Hall–Kier alpha value is -2.57. The van der Waals surface area contributed by atoms with Gasteiger partial charge in [0.2, 0.25) is 5.78 Å². The van der Waals surface area contributed by atoms with Crippen molar-refractivity contribution in [3.8, 4) is 0 Å². The number of fused-ring (bicyclic) bond motifs is 2. The van der Waals surface area contributed by atoms with Crippen LogP contribution >= 0.6 is 23.1 Å². The lowest BCUT2D eigenvalue weighted by Crippen LogP contribution is -2.37. The number of aliphatic hydroxyl groups excluding tert-OH is 1. The molecule has 1 N–H and O–H groups in total. The van der Waals surface area contributed by atoms with Crippen LogP contribution in [0.4, 0.5) is 0 Å². The number of benzene rings is 1. The molecule has 0 spiro atoms. The number of thiophene rings is 1. The van der Waals surface area contributed by atoms with E-state index in [0.29, 0.717) is 33.6 Å². The number of hydrogen-bond donors (Lipinski definition) is 1. The van der Waals surface area contributed by atoms with E-state index in [-0.39, 0.29) is 22.7 Å². The molecule has 31 heavy (non-hydrogen) atoms. The van der Waals surface area contributed by atoms with Gasteiger partial charge >= 0.3 is 0 Å². The van der Waals surface area contributed by atoms with Crippen molar-refractivity contribution in [3.05, 3.63) is 85.7 Å². The Balaban J connectivity index is 1.81. The Morgan fingerprint density at radius 2 is 1.87 bits per heavy atom. The molecule has 6 heteroatoms. The largest absolute Gasteiger partial charge is 0.507 e. The number of nitrogens with zero attached hydrogens (tertiary/aromatic N) is 1. The van der Waals surface area contributed by atoms with E-state index in [4.69, 9.17) is 0 Å². The molecule has 158 valence electrons. The molecule has 0 saturated carbocycles. The van der Waals surface area contributed by atoms with Gasteiger partial charge in [-0.15, -0.1) is 23.1 Å². The molecule has 2 aliphatic heterocycles. The summed E-state index contributed by atoms with van der Waals surface area (Å²) in [5.41, 5.74) is 2.78. The average molecular weight is 450 g/mol. The molecule has 4 nitrogen and oxygen atoms in total. The van der Waals surface area contributed by atoms with Crippen LogP contribution in [0.15, 0.2) is 75.3 Å². The summed E-state index contributed by atoms with van der Waals surface area (Å²) < 4.78 is 0. The van der Waals surface area contributed by atoms with Crippen molar-refractivity contribution in [2.24, 2.45) is 5.41 Å². The summed E-state index contributed by atoms with van der Waals surface area (Å²) in [6, 6.07) is 12.9. The summed E-state index contributed by atoms with van der Waals surface area (Å²) in [7, 11) is 0. The summed E-state index contributed by atoms with van der Waals surface area (Å²) in [6.45, 7) is 4.98. The highest BCUT2D eigenvalue weighted by Gasteiger charge is 2.46. The second kappa shape index (κ2) is 7.53. The van der Waals surface area contributed by atoms with Crippen molar-refractivity contribution < 1.29 is 14.7 Å². The number of rotatable bonds is 3. The Bertz CT molecular complexity index is 1170. The van der Waals surface area contributed by atoms with E-state index in [2.05, 4.69) is 18.7 Å². The van der Waals surface area contributed by atoms with Crippen LogP contribution in [0.1, 0.15) is 41.9 Å². The second-order valence-electron chi connectivity index (χ2n) is 8.84. The predicted octanol–water partition coefficient (Wildman–Crippen LogP) is 5.82. The topological polar surface area (TPSA) is 57.6 Å². The van der Waals surface area contributed by atoms with E-state index < -0.39 is 0 Å². The third kappa shape index (κ3) is 3.38. The SMILES string of the molecule is CC1(C)CC(=O)C2=C(C1)N1CCSC1=C(C(=O)c1cccs1)C2=C(O)c1ccccc1. The second-order valence-corrected chi connectivity index (χ2v) is 10.9. The minimum absolute atomic E-state index is 0.000659. The first-order valence-corrected chi connectivity index (χ1v) is 12.2. The van der Waals surface area contributed by atoms with Crippen LogP contribution in [0.25, 0.3) is 5.76 Å². The van der Waals surface area contributed by atoms with Crippen molar-refractivity contribution in [1.29, 1.82) is 0 Å². The van der Waals surface area contributed by atoms with Gasteiger partial charge < -0.3 is 10.0 Å². The van der Waals surface area contributed by atoms with Crippen molar-refractivity contribution in [3.63, 3.8) is 0 Å². The van der Waals surface area contributed by atoms with Crippen LogP contribution in [0.5, 0.6) is 0 Å². The van der Waals surface area contributed by atoms with Crippen LogP contribution in [-0.4, -0.2) is 33.9 Å². The molecule has 5 rings (SSSR count). The van der Waals surface area contributed by atoms with Crippen molar-refractivity contribution >= 4 is 40.4 Å². The Morgan fingerprint density at radius 3 is 2.58 bits per heavy atom. The molecule has 1 fully saturated rings. The fraction of sp³-hybridized carbons (Fsp3) is 0.280. The van der Waals surface area contributed by atoms with Gasteiger partial charge in [-0.3, -0.25) is 9.59 Å². The summed E-state index contributed by atoms with van der Waals surface area (Å²) >= 11 is 3.01. The van der Waals surface area contributed by atoms with E-state index >= 15 is 0 Å². The lowest BCUT2D eigenvalue weighted by atomic mass is 9.71. The van der Waals surface area contributed by atoms with Crippen molar-refractivity contribution in [2.75, 3.05) is 12.3 Å². The fourth-order valence-electron chi connectivity index (χ4n) is 4.63. The maximum Gasteiger partial charge on any atom is 0.206 e. The smallest absolute Gasteiger partial charge is 0.206 e. The third-order valence-electron chi connectivity index (χ3n) is 5.95. The summed E-state index contributed by atoms with van der Waals surface area (Å²) in [4.78, 5) is 29.9. The summed E-state index contributed by atoms with van der Waals surface area (Å²) in [5.74, 6) is 0.712. The zero-order chi connectivity index (χ0) is 21.8. The van der Waals surface area contributed by atoms with Gasteiger partial charge in [0.05, 0.1) is 15.5 Å². The highest BCUT2D eigenvalue weighted by atomic mass is 32.2. The molecule has 0 atom stereocenters. The van der Waals surface area contributed by atoms with Crippen LogP contribution in [0, 0.1) is 5.41 Å². The molecular weight excluding hydrogens is 426 g/mol. The predicted molar refractivity (Wildman–Crippen MR) is 126 cm³/mol. The number of thioether (sulfide) groups is 1. The lowest BCUT2D eigenvalue weighted by molar-refractivity contribution is -0.118. The Morgan fingerprint density at radius 1 is 1.10 bits per heavy atom. The molecule has 1 aliphatic carbocycles. The zero-order valence-corrected chi connectivity index (χ0v) is 19.1. The Kier molecular flexibility index (Phi) is 4.94. The van der Waals surface area contributed by atoms with E-state index in [0.717, 1.165) is 29.4 Å². The van der Waals surface area contributed by atoms with E-state index in [9.17, 15) is 14.7 Å². The highest BCUT2D eigenvalue weighted by molar-refractivity contribution is 8.03. The number of aliphatic hydroxyl groups is 1. The van der Waals surface area contributed by atoms with Crippen molar-refractivity contribution in [1.82, 2.24) is 4.90 Å². The van der Waals surface area contributed by atoms with Gasteiger partial charge in [0.15, 0.2) is 5.78 Å². The average Bonchev–Trinajstić information content (AvgIpc) is 3.44. The molecule has 3 heterocycles. The van der Waals surface area contributed by atoms with Crippen LogP contribution in [0.2, 0.25) is 0 Å². The minimum atomic E-state index is -0.156. The monoisotopic (exact) mass is 449 g/mol. The summed E-state index contributed by atoms with van der Waals surface area (Å²) in [6.07, 6.45) is 1.14. The maximum absolute atomic E-state index is 13.7. The number of ketones is 2. The molecular formula is C25H23NO3S2. The van der Waals surface area contributed by atoms with Gasteiger partial charge in [0, 0.05) is 41.1 Å².